The standard InChI is InChI=1S/C14H16O2S/c1-9-4-5-10-7-11(17-12(10)6-9)8-14(2,3)13(15)16/h4-7H,8H2,1-3H3,(H,15,16). The maximum atomic E-state index is 11.1. The Hall–Kier alpha value is -1.35. The zero-order valence-electron chi connectivity index (χ0n) is 10.3. The van der Waals surface area contributed by atoms with Crippen LogP contribution < -0.4 is 0 Å². The molecule has 1 aromatic heterocycles. The van der Waals surface area contributed by atoms with Gasteiger partial charge in [-0.15, -0.1) is 11.3 Å². The molecule has 0 saturated carbocycles. The maximum absolute atomic E-state index is 11.1. The molecule has 2 nitrogen and oxygen atoms in total. The summed E-state index contributed by atoms with van der Waals surface area (Å²) in [6.07, 6.45) is 0.584. The molecule has 0 unspecified atom stereocenters. The van der Waals surface area contributed by atoms with Crippen molar-refractivity contribution < 1.29 is 9.90 Å². The largest absolute Gasteiger partial charge is 0.481 e. The summed E-state index contributed by atoms with van der Waals surface area (Å²) in [5, 5.41) is 10.3. The first-order valence-corrected chi connectivity index (χ1v) is 6.42. The van der Waals surface area contributed by atoms with Crippen LogP contribution in [0.25, 0.3) is 10.1 Å². The van der Waals surface area contributed by atoms with Gasteiger partial charge in [0.15, 0.2) is 0 Å². The Morgan fingerprint density at radius 1 is 1.35 bits per heavy atom. The number of rotatable bonds is 3. The molecule has 0 radical (unpaired) electrons. The Kier molecular flexibility index (Phi) is 2.96. The summed E-state index contributed by atoms with van der Waals surface area (Å²) < 4.78 is 1.24. The predicted molar refractivity (Wildman–Crippen MR) is 71.7 cm³/mol. The van der Waals surface area contributed by atoms with Crippen LogP contribution in [0.3, 0.4) is 0 Å². The first-order valence-electron chi connectivity index (χ1n) is 5.61. The van der Waals surface area contributed by atoms with Crippen LogP contribution in [0.2, 0.25) is 0 Å². The lowest BCUT2D eigenvalue weighted by Gasteiger charge is -2.17. The van der Waals surface area contributed by atoms with Crippen molar-refractivity contribution in [3.05, 3.63) is 34.7 Å². The number of hydrogen-bond acceptors (Lipinski definition) is 2. The summed E-state index contributed by atoms with van der Waals surface area (Å²) in [4.78, 5) is 12.2. The number of carboxylic acid groups (broad SMARTS) is 1. The zero-order chi connectivity index (χ0) is 12.6. The molecule has 1 heterocycles. The monoisotopic (exact) mass is 248 g/mol. The van der Waals surface area contributed by atoms with Crippen LogP contribution in [0.15, 0.2) is 24.3 Å². The highest BCUT2D eigenvalue weighted by atomic mass is 32.1. The number of carboxylic acids is 1. The molecule has 90 valence electrons. The normalized spacial score (nSPS) is 11.9. The Labute approximate surface area is 105 Å². The lowest BCUT2D eigenvalue weighted by atomic mass is 9.89. The number of carbonyl (C=O) groups is 1. The average Bonchev–Trinajstić information content (AvgIpc) is 2.57. The highest BCUT2D eigenvalue weighted by Crippen LogP contribution is 2.31. The van der Waals surface area contributed by atoms with Crippen molar-refractivity contribution in [1.29, 1.82) is 0 Å². The number of hydrogen-bond donors (Lipinski definition) is 1. The molecular weight excluding hydrogens is 232 g/mol. The van der Waals surface area contributed by atoms with E-state index in [-0.39, 0.29) is 0 Å². The molecule has 0 bridgehead atoms. The minimum absolute atomic E-state index is 0.584. The molecule has 0 fully saturated rings. The van der Waals surface area contributed by atoms with E-state index in [1.165, 1.54) is 15.6 Å². The number of aliphatic carboxylic acids is 1. The molecule has 0 aliphatic carbocycles. The molecule has 0 saturated heterocycles. The van der Waals surface area contributed by atoms with Gasteiger partial charge in [0.1, 0.15) is 0 Å². The van der Waals surface area contributed by atoms with Crippen molar-refractivity contribution in [3.63, 3.8) is 0 Å². The van der Waals surface area contributed by atoms with Crippen molar-refractivity contribution in [2.75, 3.05) is 0 Å². The van der Waals surface area contributed by atoms with E-state index in [4.69, 9.17) is 5.11 Å². The highest BCUT2D eigenvalue weighted by molar-refractivity contribution is 7.19. The third kappa shape index (κ3) is 2.50. The van der Waals surface area contributed by atoms with Crippen LogP contribution in [0.1, 0.15) is 24.3 Å². The summed E-state index contributed by atoms with van der Waals surface area (Å²) in [5.41, 5.74) is 0.541. The van der Waals surface area contributed by atoms with Crippen molar-refractivity contribution >= 4 is 27.4 Å². The molecule has 0 aliphatic heterocycles. The average molecular weight is 248 g/mol. The Morgan fingerprint density at radius 3 is 2.71 bits per heavy atom. The van der Waals surface area contributed by atoms with Crippen LogP contribution in [0, 0.1) is 12.3 Å². The fourth-order valence-electron chi connectivity index (χ4n) is 1.79. The Morgan fingerprint density at radius 2 is 2.06 bits per heavy atom. The van der Waals surface area contributed by atoms with Crippen LogP contribution in [0.5, 0.6) is 0 Å². The second-order valence-corrected chi connectivity index (χ2v) is 6.29. The molecule has 0 aliphatic rings. The van der Waals surface area contributed by atoms with E-state index in [0.29, 0.717) is 6.42 Å². The van der Waals surface area contributed by atoms with E-state index in [1.54, 1.807) is 25.2 Å². The predicted octanol–water partition coefficient (Wildman–Crippen LogP) is 3.86. The third-order valence-corrected chi connectivity index (χ3v) is 4.02. The smallest absolute Gasteiger partial charge is 0.309 e. The van der Waals surface area contributed by atoms with Crippen molar-refractivity contribution in [2.45, 2.75) is 27.2 Å². The summed E-state index contributed by atoms with van der Waals surface area (Å²) in [5.74, 6) is -0.744. The molecular formula is C14H16O2S. The molecule has 2 rings (SSSR count). The van der Waals surface area contributed by atoms with E-state index < -0.39 is 11.4 Å². The fourth-order valence-corrected chi connectivity index (χ4v) is 3.18. The van der Waals surface area contributed by atoms with E-state index in [0.717, 1.165) is 4.88 Å². The van der Waals surface area contributed by atoms with Crippen LogP contribution in [0.4, 0.5) is 0 Å². The molecule has 0 atom stereocenters. The van der Waals surface area contributed by atoms with Gasteiger partial charge in [-0.2, -0.15) is 0 Å². The molecule has 17 heavy (non-hydrogen) atoms. The molecule has 1 N–H and O–H groups in total. The van der Waals surface area contributed by atoms with E-state index >= 15 is 0 Å². The first-order chi connectivity index (χ1) is 7.88. The van der Waals surface area contributed by atoms with Gasteiger partial charge >= 0.3 is 5.97 Å². The molecule has 2 aromatic rings. The van der Waals surface area contributed by atoms with Crippen LogP contribution >= 0.6 is 11.3 Å². The van der Waals surface area contributed by atoms with E-state index in [9.17, 15) is 4.79 Å². The van der Waals surface area contributed by atoms with Gasteiger partial charge < -0.3 is 5.11 Å². The second-order valence-electron chi connectivity index (χ2n) is 5.12. The number of benzene rings is 1. The van der Waals surface area contributed by atoms with Gasteiger partial charge in [0.2, 0.25) is 0 Å². The van der Waals surface area contributed by atoms with Crippen molar-refractivity contribution in [1.82, 2.24) is 0 Å². The maximum Gasteiger partial charge on any atom is 0.309 e. The Bertz CT molecular complexity index is 567. The van der Waals surface area contributed by atoms with Gasteiger partial charge in [-0.25, -0.2) is 0 Å². The van der Waals surface area contributed by atoms with Crippen LogP contribution in [-0.4, -0.2) is 11.1 Å². The summed E-state index contributed by atoms with van der Waals surface area (Å²) in [6, 6.07) is 8.43. The van der Waals surface area contributed by atoms with Gasteiger partial charge in [-0.05, 0) is 50.3 Å². The third-order valence-electron chi connectivity index (χ3n) is 2.92. The lowest BCUT2D eigenvalue weighted by molar-refractivity contribution is -0.146. The fraction of sp³-hybridized carbons (Fsp3) is 0.357. The summed E-state index contributed by atoms with van der Waals surface area (Å²) in [6.45, 7) is 5.61. The van der Waals surface area contributed by atoms with Crippen molar-refractivity contribution in [2.24, 2.45) is 5.41 Å². The zero-order valence-corrected chi connectivity index (χ0v) is 11.1. The first kappa shape index (κ1) is 12.1. The molecule has 3 heteroatoms. The minimum atomic E-state index is -0.744. The topological polar surface area (TPSA) is 37.3 Å². The van der Waals surface area contributed by atoms with Gasteiger partial charge in [0.05, 0.1) is 5.41 Å². The number of thiophene rings is 1. The molecule has 0 spiro atoms. The van der Waals surface area contributed by atoms with Crippen molar-refractivity contribution in [3.8, 4) is 0 Å². The van der Waals surface area contributed by atoms with Gasteiger partial charge in [-0.3, -0.25) is 4.79 Å². The van der Waals surface area contributed by atoms with Crippen LogP contribution in [-0.2, 0) is 11.2 Å². The summed E-state index contributed by atoms with van der Waals surface area (Å²) in [7, 11) is 0. The SMILES string of the molecule is Cc1ccc2cc(CC(C)(C)C(=O)O)sc2c1. The number of aryl methyl sites for hydroxylation is 1. The second kappa shape index (κ2) is 4.15. The van der Waals surface area contributed by atoms with E-state index in [1.807, 2.05) is 0 Å². The van der Waals surface area contributed by atoms with Gasteiger partial charge in [0.25, 0.3) is 0 Å². The quantitative estimate of drug-likeness (QED) is 0.895. The number of fused-ring (bicyclic) bond motifs is 1. The van der Waals surface area contributed by atoms with E-state index in [2.05, 4.69) is 31.2 Å². The van der Waals surface area contributed by atoms with Gasteiger partial charge in [-0.1, -0.05) is 12.1 Å². The van der Waals surface area contributed by atoms with Gasteiger partial charge in [0, 0.05) is 9.58 Å². The molecule has 0 amide bonds. The lowest BCUT2D eigenvalue weighted by Crippen LogP contribution is -2.25. The Balaban J connectivity index is 2.34. The highest BCUT2D eigenvalue weighted by Gasteiger charge is 2.28. The summed E-state index contributed by atoms with van der Waals surface area (Å²) >= 11 is 1.69. The molecule has 1 aromatic carbocycles. The minimum Gasteiger partial charge on any atom is -0.481 e.